The minimum Gasteiger partial charge on any atom is -0.342 e. The molecule has 0 aliphatic heterocycles. The van der Waals surface area contributed by atoms with Gasteiger partial charge in [0, 0.05) is 10.0 Å². The molecule has 2 N–H and O–H groups in total. The molecular formula is C11H12BrN5O. The van der Waals surface area contributed by atoms with Crippen LogP contribution in [0.3, 0.4) is 0 Å². The lowest BCUT2D eigenvalue weighted by atomic mass is 10.1. The second-order valence-corrected chi connectivity index (χ2v) is 4.90. The summed E-state index contributed by atoms with van der Waals surface area (Å²) in [6, 6.07) is 5.24. The van der Waals surface area contributed by atoms with Crippen molar-refractivity contribution in [2.24, 2.45) is 0 Å². The van der Waals surface area contributed by atoms with Crippen molar-refractivity contribution in [3.63, 3.8) is 0 Å². The Morgan fingerprint density at radius 2 is 2.22 bits per heavy atom. The first-order valence-electron chi connectivity index (χ1n) is 5.37. The summed E-state index contributed by atoms with van der Waals surface area (Å²) in [4.78, 5) is 12.0. The van der Waals surface area contributed by atoms with Gasteiger partial charge in [-0.25, -0.2) is 0 Å². The van der Waals surface area contributed by atoms with E-state index in [1.165, 1.54) is 0 Å². The van der Waals surface area contributed by atoms with Gasteiger partial charge in [0.15, 0.2) is 5.82 Å². The summed E-state index contributed by atoms with van der Waals surface area (Å²) in [5.74, 6) is 0.284. The van der Waals surface area contributed by atoms with Crippen LogP contribution in [0.2, 0.25) is 0 Å². The van der Waals surface area contributed by atoms with Crippen LogP contribution in [-0.2, 0) is 0 Å². The Balaban J connectivity index is 2.12. The molecule has 1 amide bonds. The third-order valence-corrected chi connectivity index (χ3v) is 2.86. The summed E-state index contributed by atoms with van der Waals surface area (Å²) < 4.78 is 0.875. The van der Waals surface area contributed by atoms with Gasteiger partial charge < -0.3 is 5.32 Å². The quantitative estimate of drug-likeness (QED) is 0.905. The zero-order chi connectivity index (χ0) is 13.1. The van der Waals surface area contributed by atoms with Crippen molar-refractivity contribution in [2.75, 3.05) is 0 Å². The molecule has 0 bridgehead atoms. The van der Waals surface area contributed by atoms with Crippen LogP contribution >= 0.6 is 15.9 Å². The number of halogens is 1. The molecule has 94 valence electrons. The molecule has 1 aromatic carbocycles. The van der Waals surface area contributed by atoms with Crippen LogP contribution < -0.4 is 5.32 Å². The van der Waals surface area contributed by atoms with Crippen LogP contribution in [0.25, 0.3) is 0 Å². The number of rotatable bonds is 3. The molecule has 0 radical (unpaired) electrons. The van der Waals surface area contributed by atoms with E-state index in [4.69, 9.17) is 0 Å². The number of H-pyrrole nitrogens is 1. The number of carbonyl (C=O) groups excluding carboxylic acids is 1. The molecule has 0 fully saturated rings. The normalized spacial score (nSPS) is 12.2. The third kappa shape index (κ3) is 2.92. The SMILES string of the molecule is Cc1cc(Br)cc(C(=O)NC(C)c2nn[nH]n2)c1. The zero-order valence-corrected chi connectivity index (χ0v) is 11.5. The van der Waals surface area contributed by atoms with Gasteiger partial charge in [-0.05, 0) is 37.6 Å². The number of amides is 1. The number of benzene rings is 1. The topological polar surface area (TPSA) is 83.6 Å². The Labute approximate surface area is 112 Å². The summed E-state index contributed by atoms with van der Waals surface area (Å²) in [6.45, 7) is 3.73. The second-order valence-electron chi connectivity index (χ2n) is 3.98. The van der Waals surface area contributed by atoms with Crippen molar-refractivity contribution < 1.29 is 4.79 Å². The van der Waals surface area contributed by atoms with E-state index in [1.807, 2.05) is 19.1 Å². The maximum atomic E-state index is 12.0. The highest BCUT2D eigenvalue weighted by molar-refractivity contribution is 9.10. The standard InChI is InChI=1S/C11H12BrN5O/c1-6-3-8(5-9(12)4-6)11(18)13-7(2)10-14-16-17-15-10/h3-5,7H,1-2H3,(H,13,18)(H,14,15,16,17). The summed E-state index contributed by atoms with van der Waals surface area (Å²) in [5, 5.41) is 16.3. The highest BCUT2D eigenvalue weighted by atomic mass is 79.9. The van der Waals surface area contributed by atoms with Crippen LogP contribution in [-0.4, -0.2) is 26.5 Å². The first-order valence-corrected chi connectivity index (χ1v) is 6.17. The van der Waals surface area contributed by atoms with E-state index in [9.17, 15) is 4.79 Å². The van der Waals surface area contributed by atoms with Crippen LogP contribution in [0.5, 0.6) is 0 Å². The van der Waals surface area contributed by atoms with Crippen molar-refractivity contribution in [3.8, 4) is 0 Å². The Morgan fingerprint density at radius 1 is 1.44 bits per heavy atom. The van der Waals surface area contributed by atoms with E-state index in [2.05, 4.69) is 41.9 Å². The highest BCUT2D eigenvalue weighted by Crippen LogP contribution is 2.16. The molecule has 2 rings (SSSR count). The van der Waals surface area contributed by atoms with Crippen molar-refractivity contribution >= 4 is 21.8 Å². The van der Waals surface area contributed by atoms with Crippen LogP contribution in [0.1, 0.15) is 34.7 Å². The fourth-order valence-corrected chi connectivity index (χ4v) is 2.17. The van der Waals surface area contributed by atoms with Crippen molar-refractivity contribution in [3.05, 3.63) is 39.6 Å². The van der Waals surface area contributed by atoms with Crippen molar-refractivity contribution in [2.45, 2.75) is 19.9 Å². The fourth-order valence-electron chi connectivity index (χ4n) is 1.56. The number of aromatic amines is 1. The minimum atomic E-state index is -0.296. The molecule has 0 aliphatic rings. The monoisotopic (exact) mass is 309 g/mol. The number of aromatic nitrogens is 4. The Morgan fingerprint density at radius 3 is 2.83 bits per heavy atom. The number of carbonyl (C=O) groups is 1. The van der Waals surface area contributed by atoms with Crippen molar-refractivity contribution in [1.82, 2.24) is 25.9 Å². The van der Waals surface area contributed by atoms with Gasteiger partial charge in [-0.1, -0.05) is 21.1 Å². The molecule has 1 unspecified atom stereocenters. The molecule has 1 atom stereocenters. The lowest BCUT2D eigenvalue weighted by Crippen LogP contribution is -2.27. The lowest BCUT2D eigenvalue weighted by molar-refractivity contribution is 0.0938. The smallest absolute Gasteiger partial charge is 0.251 e. The molecule has 0 spiro atoms. The van der Waals surface area contributed by atoms with Gasteiger partial charge in [0.1, 0.15) is 0 Å². The predicted molar refractivity (Wildman–Crippen MR) is 68.9 cm³/mol. The van der Waals surface area contributed by atoms with Gasteiger partial charge in [-0.3, -0.25) is 4.79 Å². The molecule has 0 aliphatic carbocycles. The van der Waals surface area contributed by atoms with Gasteiger partial charge in [0.25, 0.3) is 5.91 Å². The molecule has 0 saturated carbocycles. The summed E-state index contributed by atoms with van der Waals surface area (Å²) >= 11 is 3.37. The van der Waals surface area contributed by atoms with Gasteiger partial charge in [0.05, 0.1) is 6.04 Å². The maximum absolute atomic E-state index is 12.0. The first kappa shape index (κ1) is 12.7. The fraction of sp³-hybridized carbons (Fsp3) is 0.273. The number of aryl methyl sites for hydroxylation is 1. The van der Waals surface area contributed by atoms with Gasteiger partial charge in [-0.2, -0.15) is 5.21 Å². The summed E-state index contributed by atoms with van der Waals surface area (Å²) in [7, 11) is 0. The Kier molecular flexibility index (Phi) is 3.71. The number of hydrogen-bond donors (Lipinski definition) is 2. The predicted octanol–water partition coefficient (Wildman–Crippen LogP) is 1.76. The number of tetrazole rings is 1. The minimum absolute atomic E-state index is 0.170. The van der Waals surface area contributed by atoms with E-state index < -0.39 is 0 Å². The molecule has 2 aromatic rings. The van der Waals surface area contributed by atoms with Gasteiger partial charge in [0.2, 0.25) is 0 Å². The Hall–Kier alpha value is -1.76. The number of nitrogens with zero attached hydrogens (tertiary/aromatic N) is 3. The van der Waals surface area contributed by atoms with E-state index >= 15 is 0 Å². The van der Waals surface area contributed by atoms with Crippen molar-refractivity contribution in [1.29, 1.82) is 0 Å². The van der Waals surface area contributed by atoms with Gasteiger partial charge >= 0.3 is 0 Å². The van der Waals surface area contributed by atoms with E-state index in [1.54, 1.807) is 13.0 Å². The van der Waals surface area contributed by atoms with Crippen LogP contribution in [0, 0.1) is 6.92 Å². The van der Waals surface area contributed by atoms with E-state index in [-0.39, 0.29) is 11.9 Å². The molecular weight excluding hydrogens is 298 g/mol. The summed E-state index contributed by atoms with van der Waals surface area (Å²) in [5.41, 5.74) is 1.61. The first-order chi connectivity index (χ1) is 8.56. The average Bonchev–Trinajstić information content (AvgIpc) is 2.80. The molecule has 7 heteroatoms. The zero-order valence-electron chi connectivity index (χ0n) is 9.94. The molecule has 18 heavy (non-hydrogen) atoms. The number of nitrogens with one attached hydrogen (secondary N) is 2. The van der Waals surface area contributed by atoms with Gasteiger partial charge in [-0.15, -0.1) is 10.2 Å². The summed E-state index contributed by atoms with van der Waals surface area (Å²) in [6.07, 6.45) is 0. The molecule has 6 nitrogen and oxygen atoms in total. The van der Waals surface area contributed by atoms with Crippen LogP contribution in [0.15, 0.2) is 22.7 Å². The molecule has 0 saturated heterocycles. The largest absolute Gasteiger partial charge is 0.342 e. The molecule has 1 heterocycles. The van der Waals surface area contributed by atoms with Crippen LogP contribution in [0.4, 0.5) is 0 Å². The molecule has 1 aromatic heterocycles. The Bertz CT molecular complexity index is 534. The number of hydrogen-bond acceptors (Lipinski definition) is 4. The average molecular weight is 310 g/mol. The van der Waals surface area contributed by atoms with E-state index in [0.717, 1.165) is 10.0 Å². The third-order valence-electron chi connectivity index (χ3n) is 2.40. The second kappa shape index (κ2) is 5.26. The lowest BCUT2D eigenvalue weighted by Gasteiger charge is -2.10. The maximum Gasteiger partial charge on any atom is 0.251 e. The van der Waals surface area contributed by atoms with E-state index in [0.29, 0.717) is 11.4 Å². The highest BCUT2D eigenvalue weighted by Gasteiger charge is 2.15.